The highest BCUT2D eigenvalue weighted by atomic mass is 19.2. The summed E-state index contributed by atoms with van der Waals surface area (Å²) in [7, 11) is 0. The molecule has 0 aliphatic rings. The van der Waals surface area contributed by atoms with Crippen LogP contribution in [0.5, 0.6) is 0 Å². The normalized spacial score (nSPS) is 10.5. The van der Waals surface area contributed by atoms with Crippen molar-refractivity contribution in [1.82, 2.24) is 4.98 Å². The van der Waals surface area contributed by atoms with Crippen molar-refractivity contribution in [3.8, 4) is 0 Å². The van der Waals surface area contributed by atoms with Crippen LogP contribution >= 0.6 is 0 Å². The van der Waals surface area contributed by atoms with Crippen LogP contribution in [0.1, 0.15) is 10.4 Å². The van der Waals surface area contributed by atoms with E-state index in [9.17, 15) is 26.7 Å². The average molecular weight is 303 g/mol. The molecule has 0 aliphatic carbocycles. The molecule has 0 unspecified atom stereocenters. The Morgan fingerprint density at radius 1 is 1.00 bits per heavy atom. The number of halogens is 5. The third-order valence-electron chi connectivity index (χ3n) is 2.53. The minimum absolute atomic E-state index is 0.265. The highest BCUT2D eigenvalue weighted by Gasteiger charge is 2.27. The van der Waals surface area contributed by atoms with Crippen molar-refractivity contribution in [3.63, 3.8) is 0 Å². The molecule has 0 spiro atoms. The van der Waals surface area contributed by atoms with E-state index in [0.29, 0.717) is 0 Å². The Morgan fingerprint density at radius 2 is 1.52 bits per heavy atom. The Labute approximate surface area is 114 Å². The molecule has 2 aromatic rings. The molecule has 9 heteroatoms. The fourth-order valence-electron chi connectivity index (χ4n) is 1.51. The number of pyridine rings is 1. The van der Waals surface area contributed by atoms with Gasteiger partial charge in [-0.05, 0) is 12.1 Å². The van der Waals surface area contributed by atoms with E-state index in [1.807, 2.05) is 0 Å². The maximum absolute atomic E-state index is 13.4. The Morgan fingerprint density at radius 3 is 2.05 bits per heavy atom. The first kappa shape index (κ1) is 14.7. The number of benzene rings is 1. The molecule has 0 aliphatic heterocycles. The first-order valence-corrected chi connectivity index (χ1v) is 5.37. The second kappa shape index (κ2) is 5.35. The zero-order chi connectivity index (χ0) is 15.7. The van der Waals surface area contributed by atoms with Gasteiger partial charge in [-0.15, -0.1) is 0 Å². The molecule has 0 fully saturated rings. The van der Waals surface area contributed by atoms with Gasteiger partial charge in [0.25, 0.3) is 5.91 Å². The van der Waals surface area contributed by atoms with Crippen molar-refractivity contribution < 1.29 is 26.7 Å². The van der Waals surface area contributed by atoms with Crippen LogP contribution in [0.25, 0.3) is 0 Å². The van der Waals surface area contributed by atoms with Gasteiger partial charge in [0.15, 0.2) is 23.3 Å². The smallest absolute Gasteiger partial charge is 0.259 e. The number of rotatable bonds is 2. The van der Waals surface area contributed by atoms with Gasteiger partial charge in [0.2, 0.25) is 5.82 Å². The molecule has 0 radical (unpaired) electrons. The molecular formula is C12H6F5N3O. The molecule has 0 saturated heterocycles. The third-order valence-corrected chi connectivity index (χ3v) is 2.53. The Hall–Kier alpha value is -2.71. The van der Waals surface area contributed by atoms with Gasteiger partial charge in [0, 0.05) is 6.20 Å². The highest BCUT2D eigenvalue weighted by molar-refractivity contribution is 6.07. The van der Waals surface area contributed by atoms with Crippen LogP contribution in [-0.2, 0) is 0 Å². The molecule has 1 heterocycles. The van der Waals surface area contributed by atoms with E-state index < -0.39 is 40.7 Å². The van der Waals surface area contributed by atoms with Gasteiger partial charge >= 0.3 is 0 Å². The maximum Gasteiger partial charge on any atom is 0.259 e. The Balaban J connectivity index is 2.46. The van der Waals surface area contributed by atoms with Gasteiger partial charge in [-0.3, -0.25) is 4.79 Å². The van der Waals surface area contributed by atoms with Crippen molar-refractivity contribution in [2.24, 2.45) is 0 Å². The summed E-state index contributed by atoms with van der Waals surface area (Å²) in [6.45, 7) is 0. The maximum atomic E-state index is 13.4. The van der Waals surface area contributed by atoms with Crippen LogP contribution in [0.2, 0.25) is 0 Å². The van der Waals surface area contributed by atoms with Crippen LogP contribution in [-0.4, -0.2) is 10.9 Å². The van der Waals surface area contributed by atoms with Crippen molar-refractivity contribution in [3.05, 3.63) is 53.0 Å². The molecule has 0 bridgehead atoms. The number of anilines is 2. The largest absolute Gasteiger partial charge is 0.383 e. The first-order chi connectivity index (χ1) is 9.84. The molecule has 21 heavy (non-hydrogen) atoms. The van der Waals surface area contributed by atoms with Crippen LogP contribution in [0.4, 0.5) is 33.5 Å². The van der Waals surface area contributed by atoms with E-state index in [0.717, 1.165) is 0 Å². The van der Waals surface area contributed by atoms with E-state index >= 15 is 0 Å². The number of nitrogens with one attached hydrogen (secondary N) is 1. The summed E-state index contributed by atoms with van der Waals surface area (Å²) in [5, 5.41) is 1.59. The van der Waals surface area contributed by atoms with E-state index in [1.165, 1.54) is 18.3 Å². The molecule has 0 atom stereocenters. The molecule has 2 rings (SSSR count). The van der Waals surface area contributed by atoms with E-state index in [4.69, 9.17) is 5.73 Å². The predicted molar refractivity (Wildman–Crippen MR) is 62.8 cm³/mol. The fourth-order valence-corrected chi connectivity index (χ4v) is 1.51. The number of amides is 1. The van der Waals surface area contributed by atoms with Gasteiger partial charge < -0.3 is 11.1 Å². The molecule has 1 amide bonds. The Bertz CT molecular complexity index is 706. The highest BCUT2D eigenvalue weighted by Crippen LogP contribution is 2.27. The van der Waals surface area contributed by atoms with E-state index in [2.05, 4.69) is 4.98 Å². The van der Waals surface area contributed by atoms with Crippen molar-refractivity contribution in [2.75, 3.05) is 11.1 Å². The number of carbonyl (C=O) groups excluding carboxylic acids is 1. The predicted octanol–water partition coefficient (Wildman–Crippen LogP) is 2.61. The van der Waals surface area contributed by atoms with Gasteiger partial charge in [-0.1, -0.05) is 0 Å². The summed E-state index contributed by atoms with van der Waals surface area (Å²) in [5.74, 6) is -12.4. The van der Waals surface area contributed by atoms with E-state index in [-0.39, 0.29) is 11.4 Å². The second-order valence-electron chi connectivity index (χ2n) is 3.84. The molecule has 1 aromatic carbocycles. The van der Waals surface area contributed by atoms with Crippen LogP contribution in [0.15, 0.2) is 18.3 Å². The summed E-state index contributed by atoms with van der Waals surface area (Å²) >= 11 is 0. The summed E-state index contributed by atoms with van der Waals surface area (Å²) < 4.78 is 65.6. The molecular weight excluding hydrogens is 297 g/mol. The molecule has 0 saturated carbocycles. The number of hydrogen-bond acceptors (Lipinski definition) is 3. The number of carbonyl (C=O) groups is 1. The SMILES string of the molecule is Nc1ncccc1C(=O)Nc1c(F)c(F)c(F)c(F)c1F. The lowest BCUT2D eigenvalue weighted by Crippen LogP contribution is -2.18. The summed E-state index contributed by atoms with van der Waals surface area (Å²) in [6.07, 6.45) is 1.25. The van der Waals surface area contributed by atoms with Gasteiger partial charge in [-0.2, -0.15) is 0 Å². The van der Waals surface area contributed by atoms with Gasteiger partial charge in [0.1, 0.15) is 11.5 Å². The van der Waals surface area contributed by atoms with Crippen molar-refractivity contribution >= 4 is 17.4 Å². The number of nitrogens with two attached hydrogens (primary N) is 1. The molecule has 3 N–H and O–H groups in total. The lowest BCUT2D eigenvalue weighted by molar-refractivity contribution is 0.102. The van der Waals surface area contributed by atoms with Crippen molar-refractivity contribution in [1.29, 1.82) is 0 Å². The zero-order valence-corrected chi connectivity index (χ0v) is 10.1. The number of nitrogen functional groups attached to an aromatic ring is 1. The fraction of sp³-hybridized carbons (Fsp3) is 0. The van der Waals surface area contributed by atoms with Crippen LogP contribution in [0.3, 0.4) is 0 Å². The van der Waals surface area contributed by atoms with Crippen LogP contribution < -0.4 is 11.1 Å². The topological polar surface area (TPSA) is 68.0 Å². The molecule has 4 nitrogen and oxygen atoms in total. The summed E-state index contributed by atoms with van der Waals surface area (Å²) in [5.41, 5.74) is 3.63. The number of aromatic nitrogens is 1. The average Bonchev–Trinajstić information content (AvgIpc) is 2.48. The standard InChI is InChI=1S/C12H6F5N3O/c13-5-6(14)8(16)10(9(17)7(5)15)20-12(21)4-2-1-3-19-11(4)18/h1-3H,(H2,18,19)(H,20,21). The summed E-state index contributed by atoms with van der Waals surface area (Å²) in [4.78, 5) is 15.3. The quantitative estimate of drug-likeness (QED) is 0.509. The zero-order valence-electron chi connectivity index (χ0n) is 10.1. The monoisotopic (exact) mass is 303 g/mol. The molecule has 110 valence electrons. The van der Waals surface area contributed by atoms with Crippen LogP contribution in [0, 0.1) is 29.1 Å². The lowest BCUT2D eigenvalue weighted by Gasteiger charge is -2.10. The lowest BCUT2D eigenvalue weighted by atomic mass is 10.2. The third kappa shape index (κ3) is 2.49. The summed E-state index contributed by atoms with van der Waals surface area (Å²) in [6, 6.07) is 2.48. The van der Waals surface area contributed by atoms with Crippen molar-refractivity contribution in [2.45, 2.75) is 0 Å². The van der Waals surface area contributed by atoms with Gasteiger partial charge in [0.05, 0.1) is 5.56 Å². The minimum Gasteiger partial charge on any atom is -0.383 e. The second-order valence-corrected chi connectivity index (χ2v) is 3.84. The first-order valence-electron chi connectivity index (χ1n) is 5.37. The number of hydrogen-bond donors (Lipinski definition) is 2. The Kier molecular flexibility index (Phi) is 3.74. The van der Waals surface area contributed by atoms with Gasteiger partial charge in [-0.25, -0.2) is 26.9 Å². The molecule has 1 aromatic heterocycles. The minimum atomic E-state index is -2.32. The van der Waals surface area contributed by atoms with E-state index in [1.54, 1.807) is 5.32 Å². The number of nitrogens with zero attached hydrogens (tertiary/aromatic N) is 1.